The second-order valence-electron chi connectivity index (χ2n) is 3.76. The van der Waals surface area contributed by atoms with E-state index in [4.69, 9.17) is 10.3 Å². The lowest BCUT2D eigenvalue weighted by molar-refractivity contribution is 0.437. The van der Waals surface area contributed by atoms with Crippen LogP contribution >= 0.6 is 11.3 Å². The Morgan fingerprint density at radius 2 is 1.94 bits per heavy atom. The molecular formula is C13H9FN2OS. The van der Waals surface area contributed by atoms with Crippen LogP contribution in [-0.4, -0.2) is 5.16 Å². The van der Waals surface area contributed by atoms with Gasteiger partial charge in [0, 0.05) is 0 Å². The molecular weight excluding hydrogens is 251 g/mol. The van der Waals surface area contributed by atoms with Crippen LogP contribution in [0.4, 0.5) is 10.2 Å². The van der Waals surface area contributed by atoms with Crippen LogP contribution in [0.3, 0.4) is 0 Å². The zero-order chi connectivity index (χ0) is 12.5. The smallest absolute Gasteiger partial charge is 0.186 e. The van der Waals surface area contributed by atoms with Gasteiger partial charge in [0.25, 0.3) is 0 Å². The lowest BCUT2D eigenvalue weighted by Crippen LogP contribution is -1.88. The van der Waals surface area contributed by atoms with Crippen molar-refractivity contribution in [3.05, 3.63) is 47.6 Å². The average Bonchev–Trinajstić information content (AvgIpc) is 2.99. The number of nitrogens with zero attached hydrogens (tertiary/aromatic N) is 1. The zero-order valence-corrected chi connectivity index (χ0v) is 10.1. The first-order valence-electron chi connectivity index (χ1n) is 5.30. The molecule has 0 saturated heterocycles. The average molecular weight is 260 g/mol. The van der Waals surface area contributed by atoms with Crippen LogP contribution in [-0.2, 0) is 0 Å². The van der Waals surface area contributed by atoms with Gasteiger partial charge in [0.1, 0.15) is 5.82 Å². The highest BCUT2D eigenvalue weighted by Gasteiger charge is 2.18. The van der Waals surface area contributed by atoms with E-state index in [1.165, 1.54) is 23.5 Å². The molecule has 0 spiro atoms. The second kappa shape index (κ2) is 4.27. The second-order valence-corrected chi connectivity index (χ2v) is 4.70. The molecule has 0 aliphatic rings. The van der Waals surface area contributed by atoms with E-state index in [0.717, 1.165) is 10.4 Å². The van der Waals surface area contributed by atoms with Gasteiger partial charge in [0.05, 0.1) is 10.4 Å². The summed E-state index contributed by atoms with van der Waals surface area (Å²) in [5, 5.41) is 5.73. The molecule has 0 bridgehead atoms. The predicted molar refractivity (Wildman–Crippen MR) is 69.6 cm³/mol. The molecule has 1 aromatic carbocycles. The normalized spacial score (nSPS) is 10.7. The minimum atomic E-state index is -0.286. The van der Waals surface area contributed by atoms with Gasteiger partial charge in [-0.3, -0.25) is 0 Å². The van der Waals surface area contributed by atoms with Crippen LogP contribution in [0.15, 0.2) is 46.3 Å². The van der Waals surface area contributed by atoms with Crippen molar-refractivity contribution in [3.63, 3.8) is 0 Å². The molecule has 3 aromatic rings. The van der Waals surface area contributed by atoms with Crippen LogP contribution in [0.2, 0.25) is 0 Å². The fraction of sp³-hybridized carbons (Fsp3) is 0. The minimum Gasteiger partial charge on any atom is -0.380 e. The van der Waals surface area contributed by atoms with Crippen molar-refractivity contribution in [1.29, 1.82) is 0 Å². The third-order valence-electron chi connectivity index (χ3n) is 2.60. The third-order valence-corrected chi connectivity index (χ3v) is 3.46. The molecule has 2 aromatic heterocycles. The van der Waals surface area contributed by atoms with E-state index in [-0.39, 0.29) is 5.82 Å². The number of halogens is 1. The Hall–Kier alpha value is -2.14. The van der Waals surface area contributed by atoms with Crippen molar-refractivity contribution in [2.45, 2.75) is 0 Å². The van der Waals surface area contributed by atoms with Gasteiger partial charge in [-0.25, -0.2) is 4.39 Å². The van der Waals surface area contributed by atoms with E-state index < -0.39 is 0 Å². The Morgan fingerprint density at radius 1 is 1.17 bits per heavy atom. The largest absolute Gasteiger partial charge is 0.380 e. The predicted octanol–water partition coefficient (Wildman–Crippen LogP) is 3.79. The van der Waals surface area contributed by atoms with Gasteiger partial charge in [-0.1, -0.05) is 23.4 Å². The molecule has 0 amide bonds. The fourth-order valence-electron chi connectivity index (χ4n) is 1.77. The van der Waals surface area contributed by atoms with Crippen LogP contribution in [0.5, 0.6) is 0 Å². The fourth-order valence-corrected chi connectivity index (χ4v) is 2.48. The molecule has 0 aliphatic heterocycles. The van der Waals surface area contributed by atoms with Gasteiger partial charge in [-0.05, 0) is 29.1 Å². The van der Waals surface area contributed by atoms with E-state index in [9.17, 15) is 4.39 Å². The van der Waals surface area contributed by atoms with Crippen LogP contribution in [0.1, 0.15) is 0 Å². The topological polar surface area (TPSA) is 52.0 Å². The molecule has 3 rings (SSSR count). The number of aromatic nitrogens is 1. The van der Waals surface area contributed by atoms with Gasteiger partial charge in [-0.15, -0.1) is 11.3 Å². The summed E-state index contributed by atoms with van der Waals surface area (Å²) in [6.07, 6.45) is 0. The number of benzene rings is 1. The Labute approximate surface area is 107 Å². The number of anilines is 1. The van der Waals surface area contributed by atoms with E-state index in [2.05, 4.69) is 5.16 Å². The molecule has 0 unspecified atom stereocenters. The first-order valence-corrected chi connectivity index (χ1v) is 6.18. The van der Waals surface area contributed by atoms with E-state index >= 15 is 0 Å². The standard InChI is InChI=1S/C13H9FN2OS/c14-9-5-3-8(4-6-9)11-12(17-16-13(11)15)10-2-1-7-18-10/h1-7H,(H2,15,16). The van der Waals surface area contributed by atoms with E-state index in [1.807, 2.05) is 17.5 Å². The van der Waals surface area contributed by atoms with Gasteiger partial charge in [0.2, 0.25) is 0 Å². The molecule has 90 valence electrons. The molecule has 2 heterocycles. The Kier molecular flexibility index (Phi) is 2.60. The van der Waals surface area contributed by atoms with Gasteiger partial charge < -0.3 is 10.3 Å². The summed E-state index contributed by atoms with van der Waals surface area (Å²) in [5.41, 5.74) is 7.32. The molecule has 0 aliphatic carbocycles. The lowest BCUT2D eigenvalue weighted by Gasteiger charge is -2.00. The maximum Gasteiger partial charge on any atom is 0.186 e. The van der Waals surface area contributed by atoms with Crippen LogP contribution in [0.25, 0.3) is 21.8 Å². The van der Waals surface area contributed by atoms with Crippen molar-refractivity contribution in [3.8, 4) is 21.8 Å². The highest BCUT2D eigenvalue weighted by atomic mass is 32.1. The SMILES string of the molecule is Nc1noc(-c2cccs2)c1-c1ccc(F)cc1. The van der Waals surface area contributed by atoms with Crippen molar-refractivity contribution in [2.24, 2.45) is 0 Å². The monoisotopic (exact) mass is 260 g/mol. The highest BCUT2D eigenvalue weighted by molar-refractivity contribution is 7.13. The molecule has 5 heteroatoms. The number of rotatable bonds is 2. The minimum absolute atomic E-state index is 0.286. The molecule has 0 fully saturated rings. The number of hydrogen-bond acceptors (Lipinski definition) is 4. The molecule has 0 atom stereocenters. The zero-order valence-electron chi connectivity index (χ0n) is 9.26. The van der Waals surface area contributed by atoms with E-state index in [1.54, 1.807) is 12.1 Å². The Bertz CT molecular complexity index is 659. The first kappa shape index (κ1) is 11.0. The summed E-state index contributed by atoms with van der Waals surface area (Å²) in [6, 6.07) is 9.95. The molecule has 3 nitrogen and oxygen atoms in total. The summed E-state index contributed by atoms with van der Waals surface area (Å²) in [7, 11) is 0. The van der Waals surface area contributed by atoms with Crippen molar-refractivity contribution in [2.75, 3.05) is 5.73 Å². The molecule has 0 radical (unpaired) electrons. The molecule has 18 heavy (non-hydrogen) atoms. The molecule has 2 N–H and O–H groups in total. The maximum atomic E-state index is 12.9. The van der Waals surface area contributed by atoms with Crippen molar-refractivity contribution >= 4 is 17.2 Å². The van der Waals surface area contributed by atoms with Crippen molar-refractivity contribution < 1.29 is 8.91 Å². The quantitative estimate of drug-likeness (QED) is 0.762. The lowest BCUT2D eigenvalue weighted by atomic mass is 10.1. The van der Waals surface area contributed by atoms with Gasteiger partial charge in [0.15, 0.2) is 11.6 Å². The number of thiophene rings is 1. The van der Waals surface area contributed by atoms with Crippen LogP contribution in [0, 0.1) is 5.82 Å². The number of hydrogen-bond donors (Lipinski definition) is 1. The third kappa shape index (κ3) is 1.78. The Balaban J connectivity index is 2.17. The van der Waals surface area contributed by atoms with Gasteiger partial charge in [-0.2, -0.15) is 0 Å². The summed E-state index contributed by atoms with van der Waals surface area (Å²) < 4.78 is 18.2. The van der Waals surface area contributed by atoms with Crippen molar-refractivity contribution in [1.82, 2.24) is 5.16 Å². The number of nitrogens with two attached hydrogens (primary N) is 1. The van der Waals surface area contributed by atoms with E-state index in [0.29, 0.717) is 17.1 Å². The maximum absolute atomic E-state index is 12.9. The summed E-state index contributed by atoms with van der Waals surface area (Å²) in [4.78, 5) is 0.943. The number of nitrogen functional groups attached to an aromatic ring is 1. The summed E-state index contributed by atoms with van der Waals surface area (Å²) in [6.45, 7) is 0. The van der Waals surface area contributed by atoms with Crippen LogP contribution < -0.4 is 5.73 Å². The van der Waals surface area contributed by atoms with Gasteiger partial charge >= 0.3 is 0 Å². The summed E-state index contributed by atoms with van der Waals surface area (Å²) >= 11 is 1.54. The molecule has 0 saturated carbocycles. The first-order chi connectivity index (χ1) is 8.75. The highest BCUT2D eigenvalue weighted by Crippen LogP contribution is 2.38. The summed E-state index contributed by atoms with van der Waals surface area (Å²) in [5.74, 6) is 0.644. The Morgan fingerprint density at radius 3 is 2.61 bits per heavy atom.